The van der Waals surface area contributed by atoms with Crippen LogP contribution in [0.4, 0.5) is 5.69 Å². The summed E-state index contributed by atoms with van der Waals surface area (Å²) in [5.74, 6) is 0.563. The lowest BCUT2D eigenvalue weighted by Crippen LogP contribution is -2.48. The summed E-state index contributed by atoms with van der Waals surface area (Å²) in [6.07, 6.45) is 2.68. The molecule has 0 radical (unpaired) electrons. The highest BCUT2D eigenvalue weighted by atomic mass is 16.6. The molecule has 196 valence electrons. The Labute approximate surface area is 222 Å². The topological polar surface area (TPSA) is 84.0 Å². The van der Waals surface area contributed by atoms with Gasteiger partial charge in [-0.1, -0.05) is 55.8 Å². The molecule has 0 spiro atoms. The molecule has 1 fully saturated rings. The first-order valence-electron chi connectivity index (χ1n) is 13.1. The van der Waals surface area contributed by atoms with Crippen molar-refractivity contribution in [3.63, 3.8) is 0 Å². The van der Waals surface area contributed by atoms with Crippen molar-refractivity contribution in [1.82, 2.24) is 19.2 Å². The molecular weight excluding hydrogens is 478 g/mol. The van der Waals surface area contributed by atoms with Crippen LogP contribution in [0.1, 0.15) is 31.5 Å². The molecule has 5 rings (SSSR count). The molecular formula is C30H33N5O3. The number of amides is 1. The number of rotatable bonds is 7. The lowest BCUT2D eigenvalue weighted by atomic mass is 10.1. The third-order valence-electron chi connectivity index (χ3n) is 7.08. The molecule has 1 amide bonds. The van der Waals surface area contributed by atoms with Gasteiger partial charge in [-0.15, -0.1) is 0 Å². The number of fused-ring (bicyclic) bond motifs is 1. The first-order chi connectivity index (χ1) is 18.3. The van der Waals surface area contributed by atoms with E-state index in [2.05, 4.69) is 66.6 Å². The van der Waals surface area contributed by atoms with Crippen molar-refractivity contribution < 1.29 is 9.72 Å². The number of nitrogens with zero attached hydrogens (tertiary/aromatic N) is 5. The van der Waals surface area contributed by atoms with Gasteiger partial charge in [-0.25, -0.2) is 4.98 Å². The van der Waals surface area contributed by atoms with Crippen LogP contribution >= 0.6 is 0 Å². The van der Waals surface area contributed by atoms with Crippen molar-refractivity contribution >= 4 is 17.2 Å². The van der Waals surface area contributed by atoms with Gasteiger partial charge in [0.05, 0.1) is 16.3 Å². The molecule has 0 N–H and O–H groups in total. The highest BCUT2D eigenvalue weighted by Gasteiger charge is 2.24. The number of aryl methyl sites for hydroxylation is 1. The molecule has 1 saturated heterocycles. The molecule has 8 heteroatoms. The van der Waals surface area contributed by atoms with Crippen molar-refractivity contribution in [3.05, 3.63) is 88.2 Å². The van der Waals surface area contributed by atoms with E-state index in [1.165, 1.54) is 11.6 Å². The van der Waals surface area contributed by atoms with Gasteiger partial charge in [-0.05, 0) is 36.1 Å². The van der Waals surface area contributed by atoms with Crippen LogP contribution in [0.5, 0.6) is 0 Å². The monoisotopic (exact) mass is 511 g/mol. The Balaban J connectivity index is 1.51. The minimum absolute atomic E-state index is 0.0447. The second-order valence-electron chi connectivity index (χ2n) is 10.5. The molecule has 1 aliphatic rings. The molecule has 3 heterocycles. The summed E-state index contributed by atoms with van der Waals surface area (Å²) in [5.41, 5.74) is 6.68. The molecule has 0 aliphatic carbocycles. The Morgan fingerprint density at radius 1 is 0.974 bits per heavy atom. The van der Waals surface area contributed by atoms with Crippen molar-refractivity contribution in [2.24, 2.45) is 5.92 Å². The van der Waals surface area contributed by atoms with Crippen LogP contribution in [0, 0.1) is 23.0 Å². The standard InChI is InChI=1S/C30H33N5O3/c1-21(2)16-29(36)33-14-12-32(13-15-33)20-27-30(24-8-5-9-26(18-24)35(37)38)31-28-11-10-25(19-34(27)28)23-7-4-6-22(3)17-23/h4-11,17-19,21H,12-16,20H2,1-3H3. The smallest absolute Gasteiger partial charge is 0.270 e. The average Bonchev–Trinajstić information content (AvgIpc) is 3.26. The fourth-order valence-electron chi connectivity index (χ4n) is 5.08. The Hall–Kier alpha value is -4.04. The number of benzene rings is 2. The zero-order chi connectivity index (χ0) is 26.8. The summed E-state index contributed by atoms with van der Waals surface area (Å²) in [5, 5.41) is 11.5. The van der Waals surface area contributed by atoms with Gasteiger partial charge < -0.3 is 9.30 Å². The van der Waals surface area contributed by atoms with E-state index in [0.29, 0.717) is 32.0 Å². The largest absolute Gasteiger partial charge is 0.340 e. The molecule has 38 heavy (non-hydrogen) atoms. The van der Waals surface area contributed by atoms with E-state index < -0.39 is 0 Å². The number of nitro groups is 1. The molecule has 2 aromatic carbocycles. The Morgan fingerprint density at radius 2 is 1.71 bits per heavy atom. The normalized spacial score (nSPS) is 14.4. The summed E-state index contributed by atoms with van der Waals surface area (Å²) in [7, 11) is 0. The van der Waals surface area contributed by atoms with Crippen molar-refractivity contribution in [2.75, 3.05) is 26.2 Å². The van der Waals surface area contributed by atoms with Gasteiger partial charge in [0.25, 0.3) is 5.69 Å². The van der Waals surface area contributed by atoms with Gasteiger partial charge in [0, 0.05) is 63.0 Å². The van der Waals surface area contributed by atoms with E-state index in [-0.39, 0.29) is 16.5 Å². The van der Waals surface area contributed by atoms with Gasteiger partial charge in [0.1, 0.15) is 5.65 Å². The number of pyridine rings is 1. The number of non-ortho nitro benzene ring substituents is 1. The van der Waals surface area contributed by atoms with Crippen LogP contribution in [0.2, 0.25) is 0 Å². The number of aromatic nitrogens is 2. The fraction of sp³-hybridized carbons (Fsp3) is 0.333. The third kappa shape index (κ3) is 5.45. The maximum Gasteiger partial charge on any atom is 0.270 e. The Kier molecular flexibility index (Phi) is 7.24. The molecule has 8 nitrogen and oxygen atoms in total. The number of hydrogen-bond donors (Lipinski definition) is 0. The minimum Gasteiger partial charge on any atom is -0.340 e. The van der Waals surface area contributed by atoms with Crippen LogP contribution in [0.3, 0.4) is 0 Å². The van der Waals surface area contributed by atoms with Crippen LogP contribution in [-0.4, -0.2) is 56.2 Å². The number of imidazole rings is 1. The zero-order valence-electron chi connectivity index (χ0n) is 22.1. The number of nitro benzene ring substituents is 1. The quantitative estimate of drug-likeness (QED) is 0.239. The van der Waals surface area contributed by atoms with E-state index in [1.807, 2.05) is 17.0 Å². The van der Waals surface area contributed by atoms with E-state index in [9.17, 15) is 14.9 Å². The summed E-state index contributed by atoms with van der Waals surface area (Å²) in [4.78, 5) is 32.9. The predicted octanol–water partition coefficient (Wildman–Crippen LogP) is 5.58. The van der Waals surface area contributed by atoms with E-state index in [4.69, 9.17) is 4.98 Å². The molecule has 4 aromatic rings. The number of piperazine rings is 1. The lowest BCUT2D eigenvalue weighted by molar-refractivity contribution is -0.384. The fourth-order valence-corrected chi connectivity index (χ4v) is 5.08. The lowest BCUT2D eigenvalue weighted by Gasteiger charge is -2.35. The zero-order valence-corrected chi connectivity index (χ0v) is 22.1. The summed E-state index contributed by atoms with van der Waals surface area (Å²) >= 11 is 0. The summed E-state index contributed by atoms with van der Waals surface area (Å²) < 4.78 is 2.11. The average molecular weight is 512 g/mol. The van der Waals surface area contributed by atoms with Crippen LogP contribution in [0.15, 0.2) is 66.9 Å². The second-order valence-corrected chi connectivity index (χ2v) is 10.5. The summed E-state index contributed by atoms with van der Waals surface area (Å²) in [6, 6.07) is 19.1. The van der Waals surface area contributed by atoms with Crippen LogP contribution in [-0.2, 0) is 11.3 Å². The maximum absolute atomic E-state index is 12.6. The minimum atomic E-state index is -0.373. The Morgan fingerprint density at radius 3 is 2.42 bits per heavy atom. The third-order valence-corrected chi connectivity index (χ3v) is 7.08. The maximum atomic E-state index is 12.6. The number of carbonyl (C=O) groups excluding carboxylic acids is 1. The second kappa shape index (κ2) is 10.8. The van der Waals surface area contributed by atoms with Crippen molar-refractivity contribution in [2.45, 2.75) is 33.7 Å². The molecule has 0 unspecified atom stereocenters. The van der Waals surface area contributed by atoms with Crippen molar-refractivity contribution in [1.29, 1.82) is 0 Å². The van der Waals surface area contributed by atoms with E-state index in [0.717, 1.165) is 46.8 Å². The molecule has 1 aliphatic heterocycles. The molecule has 0 bridgehead atoms. The van der Waals surface area contributed by atoms with Gasteiger partial charge in [0.2, 0.25) is 5.91 Å². The van der Waals surface area contributed by atoms with Gasteiger partial charge in [0.15, 0.2) is 0 Å². The van der Waals surface area contributed by atoms with E-state index in [1.54, 1.807) is 12.1 Å². The van der Waals surface area contributed by atoms with Gasteiger partial charge in [-0.3, -0.25) is 19.8 Å². The van der Waals surface area contributed by atoms with E-state index >= 15 is 0 Å². The van der Waals surface area contributed by atoms with Gasteiger partial charge in [-0.2, -0.15) is 0 Å². The molecule has 0 atom stereocenters. The predicted molar refractivity (Wildman–Crippen MR) is 149 cm³/mol. The summed E-state index contributed by atoms with van der Waals surface area (Å²) in [6.45, 7) is 9.77. The first kappa shape index (κ1) is 25.6. The van der Waals surface area contributed by atoms with Crippen molar-refractivity contribution in [3.8, 4) is 22.4 Å². The molecule has 0 saturated carbocycles. The Bertz CT molecular complexity index is 1480. The first-order valence-corrected chi connectivity index (χ1v) is 13.1. The highest BCUT2D eigenvalue weighted by molar-refractivity contribution is 5.76. The SMILES string of the molecule is Cc1cccc(-c2ccc3nc(-c4cccc([N+](=O)[O-])c4)c(CN4CCN(C(=O)CC(C)C)CC4)n3c2)c1. The molecule has 2 aromatic heterocycles. The van der Waals surface area contributed by atoms with Crippen LogP contribution in [0.25, 0.3) is 28.0 Å². The van der Waals surface area contributed by atoms with Gasteiger partial charge >= 0.3 is 0 Å². The highest BCUT2D eigenvalue weighted by Crippen LogP contribution is 2.30. The number of carbonyl (C=O) groups is 1. The van der Waals surface area contributed by atoms with Crippen LogP contribution < -0.4 is 0 Å². The number of hydrogen-bond acceptors (Lipinski definition) is 5.